The predicted octanol–water partition coefficient (Wildman–Crippen LogP) is 4.04. The maximum atomic E-state index is 12.4. The number of hydrogen-bond donors (Lipinski definition) is 2. The number of rotatable bonds is 4. The summed E-state index contributed by atoms with van der Waals surface area (Å²) in [6, 6.07) is 6.27. The van der Waals surface area contributed by atoms with Crippen LogP contribution in [0.15, 0.2) is 24.4 Å². The molecule has 3 rings (SSSR count). The highest BCUT2D eigenvalue weighted by Gasteiger charge is 2.28. The number of pyridine rings is 1. The van der Waals surface area contributed by atoms with Gasteiger partial charge >= 0.3 is 0 Å². The van der Waals surface area contributed by atoms with Crippen LogP contribution in [0.5, 0.6) is 0 Å². The highest BCUT2D eigenvalue weighted by molar-refractivity contribution is 5.79. The SMILES string of the molecule is Cc1ccc(-c2ccnc(NC3CCC(C(=O)NC(C)(C)C)CC3)n2)c(C)n1. The zero-order chi connectivity index (χ0) is 20.3. The van der Waals surface area contributed by atoms with E-state index in [0.717, 1.165) is 48.3 Å². The Labute approximate surface area is 167 Å². The molecule has 2 N–H and O–H groups in total. The van der Waals surface area contributed by atoms with E-state index >= 15 is 0 Å². The third-order valence-corrected chi connectivity index (χ3v) is 5.09. The van der Waals surface area contributed by atoms with Crippen LogP contribution >= 0.6 is 0 Å². The van der Waals surface area contributed by atoms with Gasteiger partial charge in [-0.05, 0) is 78.5 Å². The zero-order valence-electron chi connectivity index (χ0n) is 17.5. The highest BCUT2D eigenvalue weighted by Crippen LogP contribution is 2.27. The molecule has 6 nitrogen and oxygen atoms in total. The average Bonchev–Trinajstić information content (AvgIpc) is 2.61. The van der Waals surface area contributed by atoms with Crippen molar-refractivity contribution < 1.29 is 4.79 Å². The molecule has 28 heavy (non-hydrogen) atoms. The molecule has 2 aromatic heterocycles. The third kappa shape index (κ3) is 5.27. The maximum Gasteiger partial charge on any atom is 0.223 e. The van der Waals surface area contributed by atoms with E-state index in [2.05, 4.69) is 31.7 Å². The molecule has 1 fully saturated rings. The molecule has 6 heteroatoms. The molecule has 0 radical (unpaired) electrons. The van der Waals surface area contributed by atoms with Crippen molar-refractivity contribution in [2.24, 2.45) is 5.92 Å². The summed E-state index contributed by atoms with van der Waals surface area (Å²) in [7, 11) is 0. The Hall–Kier alpha value is -2.50. The second-order valence-corrected chi connectivity index (χ2v) is 8.78. The summed E-state index contributed by atoms with van der Waals surface area (Å²) < 4.78 is 0. The number of aromatic nitrogens is 3. The van der Waals surface area contributed by atoms with Crippen LogP contribution in [0.3, 0.4) is 0 Å². The lowest BCUT2D eigenvalue weighted by molar-refractivity contribution is -0.127. The fourth-order valence-corrected chi connectivity index (χ4v) is 3.69. The average molecular weight is 382 g/mol. The van der Waals surface area contributed by atoms with Crippen LogP contribution < -0.4 is 10.6 Å². The first-order chi connectivity index (χ1) is 13.2. The van der Waals surface area contributed by atoms with Crippen molar-refractivity contribution in [2.45, 2.75) is 71.9 Å². The number of nitrogens with zero attached hydrogens (tertiary/aromatic N) is 3. The van der Waals surface area contributed by atoms with Gasteiger partial charge in [0, 0.05) is 40.6 Å². The second-order valence-electron chi connectivity index (χ2n) is 8.78. The van der Waals surface area contributed by atoms with Crippen LogP contribution in [0.4, 0.5) is 5.95 Å². The van der Waals surface area contributed by atoms with Crippen LogP contribution in [0, 0.1) is 19.8 Å². The number of hydrogen-bond acceptors (Lipinski definition) is 5. The molecule has 1 aliphatic carbocycles. The van der Waals surface area contributed by atoms with Gasteiger partial charge in [-0.2, -0.15) is 0 Å². The zero-order valence-corrected chi connectivity index (χ0v) is 17.5. The van der Waals surface area contributed by atoms with Crippen molar-refractivity contribution in [3.63, 3.8) is 0 Å². The molecule has 1 saturated carbocycles. The molecule has 1 aliphatic rings. The normalized spacial score (nSPS) is 19.9. The van der Waals surface area contributed by atoms with Crippen molar-refractivity contribution in [3.8, 4) is 11.3 Å². The highest BCUT2D eigenvalue weighted by atomic mass is 16.2. The minimum absolute atomic E-state index is 0.103. The topological polar surface area (TPSA) is 79.8 Å². The van der Waals surface area contributed by atoms with Gasteiger partial charge in [0.2, 0.25) is 11.9 Å². The van der Waals surface area contributed by atoms with Crippen LogP contribution in [0.1, 0.15) is 57.8 Å². The van der Waals surface area contributed by atoms with Crippen LogP contribution in [-0.2, 0) is 4.79 Å². The van der Waals surface area contributed by atoms with Gasteiger partial charge in [-0.15, -0.1) is 0 Å². The number of carbonyl (C=O) groups excluding carboxylic acids is 1. The molecule has 1 amide bonds. The van der Waals surface area contributed by atoms with Gasteiger partial charge in [-0.1, -0.05) is 0 Å². The van der Waals surface area contributed by atoms with Crippen molar-refractivity contribution >= 4 is 11.9 Å². The quantitative estimate of drug-likeness (QED) is 0.835. The Bertz CT molecular complexity index is 835. The first-order valence-electron chi connectivity index (χ1n) is 10.1. The molecule has 0 unspecified atom stereocenters. The Morgan fingerprint density at radius 2 is 1.75 bits per heavy atom. The van der Waals surface area contributed by atoms with Crippen molar-refractivity contribution in [2.75, 3.05) is 5.32 Å². The van der Waals surface area contributed by atoms with E-state index in [1.807, 2.05) is 46.8 Å². The standard InChI is InChI=1S/C22H31N5O/c1-14-6-11-18(15(2)24-14)19-12-13-23-21(26-19)25-17-9-7-16(8-10-17)20(28)27-22(3,4)5/h6,11-13,16-17H,7-10H2,1-5H3,(H,27,28)(H,23,25,26). The van der Waals surface area contributed by atoms with Gasteiger partial charge in [-0.25, -0.2) is 9.97 Å². The molecule has 0 saturated heterocycles. The first kappa shape index (κ1) is 20.2. The van der Waals surface area contributed by atoms with Crippen molar-refractivity contribution in [1.29, 1.82) is 0 Å². The van der Waals surface area contributed by atoms with Crippen LogP contribution in [-0.4, -0.2) is 32.4 Å². The maximum absolute atomic E-state index is 12.4. The molecule has 0 aliphatic heterocycles. The lowest BCUT2D eigenvalue weighted by atomic mass is 9.85. The fraction of sp³-hybridized carbons (Fsp3) is 0.545. The van der Waals surface area contributed by atoms with Gasteiger partial charge in [0.05, 0.1) is 5.69 Å². The summed E-state index contributed by atoms with van der Waals surface area (Å²) in [6.07, 6.45) is 5.45. The second kappa shape index (κ2) is 8.25. The fourth-order valence-electron chi connectivity index (χ4n) is 3.69. The molecule has 150 valence electrons. The Morgan fingerprint density at radius 1 is 1.04 bits per heavy atom. The summed E-state index contributed by atoms with van der Waals surface area (Å²) in [6.45, 7) is 10.1. The lowest BCUT2D eigenvalue weighted by Crippen LogP contribution is -2.45. The van der Waals surface area contributed by atoms with E-state index < -0.39 is 0 Å². The summed E-state index contributed by atoms with van der Waals surface area (Å²) in [5, 5.41) is 6.55. The largest absolute Gasteiger partial charge is 0.351 e. The van der Waals surface area contributed by atoms with Crippen LogP contribution in [0.2, 0.25) is 0 Å². The molecule has 2 heterocycles. The van der Waals surface area contributed by atoms with Gasteiger partial charge in [0.15, 0.2) is 0 Å². The van der Waals surface area contributed by atoms with E-state index in [4.69, 9.17) is 0 Å². The Morgan fingerprint density at radius 3 is 2.39 bits per heavy atom. The summed E-state index contributed by atoms with van der Waals surface area (Å²) in [4.78, 5) is 26.0. The minimum Gasteiger partial charge on any atom is -0.351 e. The van der Waals surface area contributed by atoms with E-state index in [9.17, 15) is 4.79 Å². The summed E-state index contributed by atoms with van der Waals surface area (Å²) in [5.74, 6) is 0.914. The van der Waals surface area contributed by atoms with Gasteiger partial charge < -0.3 is 10.6 Å². The number of amides is 1. The van der Waals surface area contributed by atoms with Gasteiger partial charge in [0.25, 0.3) is 0 Å². The third-order valence-electron chi connectivity index (χ3n) is 5.09. The van der Waals surface area contributed by atoms with Crippen molar-refractivity contribution in [3.05, 3.63) is 35.8 Å². The van der Waals surface area contributed by atoms with E-state index in [1.54, 1.807) is 6.20 Å². The number of aryl methyl sites for hydroxylation is 2. The van der Waals surface area contributed by atoms with E-state index in [0.29, 0.717) is 12.0 Å². The van der Waals surface area contributed by atoms with Crippen LogP contribution in [0.25, 0.3) is 11.3 Å². The number of anilines is 1. The molecular weight excluding hydrogens is 350 g/mol. The molecule has 0 aromatic carbocycles. The smallest absolute Gasteiger partial charge is 0.223 e. The van der Waals surface area contributed by atoms with E-state index in [1.165, 1.54) is 0 Å². The molecule has 0 atom stereocenters. The molecule has 0 bridgehead atoms. The Kier molecular flexibility index (Phi) is 5.96. The van der Waals surface area contributed by atoms with Gasteiger partial charge in [0.1, 0.15) is 0 Å². The number of carbonyl (C=O) groups is 1. The lowest BCUT2D eigenvalue weighted by Gasteiger charge is -2.31. The summed E-state index contributed by atoms with van der Waals surface area (Å²) >= 11 is 0. The van der Waals surface area contributed by atoms with Gasteiger partial charge in [-0.3, -0.25) is 9.78 Å². The minimum atomic E-state index is -0.177. The Balaban J connectivity index is 1.61. The molecule has 2 aromatic rings. The molecular formula is C22H31N5O. The predicted molar refractivity (Wildman–Crippen MR) is 112 cm³/mol. The number of nitrogens with one attached hydrogen (secondary N) is 2. The first-order valence-corrected chi connectivity index (χ1v) is 10.1. The molecule has 0 spiro atoms. The summed E-state index contributed by atoms with van der Waals surface area (Å²) in [5.41, 5.74) is 3.69. The van der Waals surface area contributed by atoms with E-state index in [-0.39, 0.29) is 17.4 Å². The monoisotopic (exact) mass is 381 g/mol. The van der Waals surface area contributed by atoms with Crippen molar-refractivity contribution in [1.82, 2.24) is 20.3 Å².